The smallest absolute Gasteiger partial charge is 0.238 e. The largest absolute Gasteiger partial charge is 0.324 e. The first-order valence-corrected chi connectivity index (χ1v) is 8.88. The van der Waals surface area contributed by atoms with Gasteiger partial charge in [0.05, 0.1) is 12.2 Å². The molecule has 1 atom stereocenters. The van der Waals surface area contributed by atoms with E-state index in [4.69, 9.17) is 0 Å². The first-order valence-electron chi connectivity index (χ1n) is 8.88. The zero-order valence-electron chi connectivity index (χ0n) is 14.6. The summed E-state index contributed by atoms with van der Waals surface area (Å²) in [5.41, 5.74) is 1.72. The Morgan fingerprint density at radius 2 is 1.76 bits per heavy atom. The van der Waals surface area contributed by atoms with Crippen LogP contribution in [0.1, 0.15) is 42.1 Å². The minimum absolute atomic E-state index is 0.0675. The second-order valence-electron chi connectivity index (χ2n) is 6.60. The Balaban J connectivity index is 1.72. The third kappa shape index (κ3) is 4.34. The number of ketones is 1. The Bertz CT molecular complexity index is 743. The normalized spacial score (nSPS) is 17.9. The van der Waals surface area contributed by atoms with Gasteiger partial charge >= 0.3 is 0 Å². The number of likely N-dealkylation sites (tertiary alicyclic amines) is 1. The average molecular weight is 336 g/mol. The van der Waals surface area contributed by atoms with E-state index >= 15 is 0 Å². The number of carbonyl (C=O) groups excluding carboxylic acids is 2. The molecule has 4 nitrogen and oxygen atoms in total. The zero-order valence-corrected chi connectivity index (χ0v) is 14.6. The van der Waals surface area contributed by atoms with Crippen LogP contribution in [0.4, 0.5) is 5.69 Å². The molecule has 0 aliphatic carbocycles. The molecule has 0 aromatic heterocycles. The van der Waals surface area contributed by atoms with Crippen LogP contribution in [0.5, 0.6) is 0 Å². The molecule has 0 radical (unpaired) electrons. The van der Waals surface area contributed by atoms with Gasteiger partial charge in [-0.2, -0.15) is 0 Å². The molecule has 4 heteroatoms. The van der Waals surface area contributed by atoms with Crippen LogP contribution in [-0.4, -0.2) is 35.7 Å². The van der Waals surface area contributed by atoms with Crippen molar-refractivity contribution in [3.8, 4) is 0 Å². The van der Waals surface area contributed by atoms with Gasteiger partial charge in [-0.3, -0.25) is 14.5 Å². The Hall–Kier alpha value is -2.46. The summed E-state index contributed by atoms with van der Waals surface area (Å²) in [5, 5.41) is 2.93. The Morgan fingerprint density at radius 3 is 2.52 bits per heavy atom. The van der Waals surface area contributed by atoms with Crippen molar-refractivity contribution in [3.63, 3.8) is 0 Å². The summed E-state index contributed by atoms with van der Waals surface area (Å²) in [6.45, 7) is 3.49. The van der Waals surface area contributed by atoms with Crippen molar-refractivity contribution < 1.29 is 9.59 Å². The molecule has 2 aromatic rings. The molecule has 1 fully saturated rings. The van der Waals surface area contributed by atoms with Crippen molar-refractivity contribution in [2.45, 2.75) is 32.2 Å². The van der Waals surface area contributed by atoms with E-state index in [0.29, 0.717) is 29.4 Å². The average Bonchev–Trinajstić information content (AvgIpc) is 2.64. The number of hydrogen-bond acceptors (Lipinski definition) is 3. The minimum Gasteiger partial charge on any atom is -0.324 e. The van der Waals surface area contributed by atoms with Gasteiger partial charge in [0.15, 0.2) is 5.78 Å². The van der Waals surface area contributed by atoms with Gasteiger partial charge in [-0.05, 0) is 38.4 Å². The maximum atomic E-state index is 12.7. The lowest BCUT2D eigenvalue weighted by atomic mass is 10.0. The summed E-state index contributed by atoms with van der Waals surface area (Å²) in [4.78, 5) is 27.4. The standard InChI is InChI=1S/C21H24N2O2/c1-16-9-7-8-14-23(16)15-20(24)22-19-13-6-5-12-18(19)21(25)17-10-3-2-4-11-17/h2-6,10-13,16H,7-9,14-15H2,1H3,(H,22,24). The highest BCUT2D eigenvalue weighted by atomic mass is 16.2. The number of carbonyl (C=O) groups is 2. The number of piperidine rings is 1. The third-order valence-electron chi connectivity index (χ3n) is 4.77. The van der Waals surface area contributed by atoms with Crippen molar-refractivity contribution >= 4 is 17.4 Å². The molecule has 1 saturated heterocycles. The highest BCUT2D eigenvalue weighted by molar-refractivity contribution is 6.13. The molecular formula is C21H24N2O2. The number of para-hydroxylation sites is 1. The van der Waals surface area contributed by atoms with Gasteiger partial charge in [-0.1, -0.05) is 48.9 Å². The second-order valence-corrected chi connectivity index (χ2v) is 6.60. The van der Waals surface area contributed by atoms with E-state index in [2.05, 4.69) is 17.1 Å². The van der Waals surface area contributed by atoms with Crippen LogP contribution in [0.25, 0.3) is 0 Å². The van der Waals surface area contributed by atoms with Crippen molar-refractivity contribution in [1.29, 1.82) is 0 Å². The number of hydrogen-bond donors (Lipinski definition) is 1. The van der Waals surface area contributed by atoms with E-state index in [1.807, 2.05) is 30.3 Å². The van der Waals surface area contributed by atoms with Gasteiger partial charge in [0.1, 0.15) is 0 Å². The summed E-state index contributed by atoms with van der Waals surface area (Å²) < 4.78 is 0. The van der Waals surface area contributed by atoms with Crippen LogP contribution >= 0.6 is 0 Å². The van der Waals surface area contributed by atoms with E-state index < -0.39 is 0 Å². The molecule has 3 rings (SSSR count). The molecule has 0 spiro atoms. The molecule has 0 saturated carbocycles. The van der Waals surface area contributed by atoms with E-state index in [9.17, 15) is 9.59 Å². The lowest BCUT2D eigenvalue weighted by Crippen LogP contribution is -2.42. The lowest BCUT2D eigenvalue weighted by Gasteiger charge is -2.32. The fourth-order valence-corrected chi connectivity index (χ4v) is 3.30. The van der Waals surface area contributed by atoms with E-state index in [-0.39, 0.29) is 11.7 Å². The molecule has 0 bridgehead atoms. The van der Waals surface area contributed by atoms with Crippen molar-refractivity contribution in [2.75, 3.05) is 18.4 Å². The predicted molar refractivity (Wildman–Crippen MR) is 99.8 cm³/mol. The van der Waals surface area contributed by atoms with Crippen LogP contribution in [0.3, 0.4) is 0 Å². The fourth-order valence-electron chi connectivity index (χ4n) is 3.30. The van der Waals surface area contributed by atoms with Crippen LogP contribution in [-0.2, 0) is 4.79 Å². The van der Waals surface area contributed by atoms with Crippen LogP contribution in [0.2, 0.25) is 0 Å². The minimum atomic E-state index is -0.0807. The van der Waals surface area contributed by atoms with Gasteiger partial charge in [0.2, 0.25) is 5.91 Å². The molecule has 1 unspecified atom stereocenters. The quantitative estimate of drug-likeness (QED) is 0.847. The van der Waals surface area contributed by atoms with Crippen molar-refractivity contribution in [1.82, 2.24) is 4.90 Å². The van der Waals surface area contributed by atoms with Gasteiger partial charge in [0.25, 0.3) is 0 Å². The number of amides is 1. The van der Waals surface area contributed by atoms with Crippen LogP contribution < -0.4 is 5.32 Å². The molecule has 1 amide bonds. The highest BCUT2D eigenvalue weighted by Gasteiger charge is 2.21. The SMILES string of the molecule is CC1CCCCN1CC(=O)Nc1ccccc1C(=O)c1ccccc1. The zero-order chi connectivity index (χ0) is 17.6. The molecular weight excluding hydrogens is 312 g/mol. The molecule has 1 heterocycles. The van der Waals surface area contributed by atoms with Crippen LogP contribution in [0, 0.1) is 0 Å². The summed E-state index contributed by atoms with van der Waals surface area (Å²) in [6.07, 6.45) is 3.50. The van der Waals surface area contributed by atoms with Crippen molar-refractivity contribution in [2.24, 2.45) is 0 Å². The Morgan fingerprint density at radius 1 is 1.04 bits per heavy atom. The van der Waals surface area contributed by atoms with Gasteiger partial charge in [-0.25, -0.2) is 0 Å². The van der Waals surface area contributed by atoms with Gasteiger partial charge in [-0.15, -0.1) is 0 Å². The molecule has 1 aliphatic heterocycles. The number of benzene rings is 2. The van der Waals surface area contributed by atoms with E-state index in [1.165, 1.54) is 6.42 Å². The maximum absolute atomic E-state index is 12.7. The monoisotopic (exact) mass is 336 g/mol. The molecule has 1 aliphatic rings. The predicted octanol–water partition coefficient (Wildman–Crippen LogP) is 3.73. The van der Waals surface area contributed by atoms with E-state index in [1.54, 1.807) is 24.3 Å². The summed E-state index contributed by atoms with van der Waals surface area (Å²) in [7, 11) is 0. The molecule has 25 heavy (non-hydrogen) atoms. The number of rotatable bonds is 5. The van der Waals surface area contributed by atoms with Crippen LogP contribution in [0.15, 0.2) is 54.6 Å². The molecule has 2 aromatic carbocycles. The molecule has 1 N–H and O–H groups in total. The molecule has 130 valence electrons. The highest BCUT2D eigenvalue weighted by Crippen LogP contribution is 2.20. The second kappa shape index (κ2) is 8.08. The number of nitrogens with one attached hydrogen (secondary N) is 1. The van der Waals surface area contributed by atoms with E-state index in [0.717, 1.165) is 19.4 Å². The number of anilines is 1. The Kier molecular flexibility index (Phi) is 5.61. The third-order valence-corrected chi connectivity index (χ3v) is 4.77. The summed E-state index contributed by atoms with van der Waals surface area (Å²) in [6, 6.07) is 16.8. The summed E-state index contributed by atoms with van der Waals surface area (Å²) >= 11 is 0. The Labute approximate surface area is 148 Å². The van der Waals surface area contributed by atoms with Gasteiger partial charge < -0.3 is 5.32 Å². The van der Waals surface area contributed by atoms with Crippen molar-refractivity contribution in [3.05, 3.63) is 65.7 Å². The van der Waals surface area contributed by atoms with Gasteiger partial charge in [0, 0.05) is 17.2 Å². The summed E-state index contributed by atoms with van der Waals surface area (Å²) in [5.74, 6) is -0.148. The first kappa shape index (κ1) is 17.4. The first-order chi connectivity index (χ1) is 12.1. The topological polar surface area (TPSA) is 49.4 Å². The fraction of sp³-hybridized carbons (Fsp3) is 0.333. The maximum Gasteiger partial charge on any atom is 0.238 e. The number of nitrogens with zero attached hydrogens (tertiary/aromatic N) is 1. The lowest BCUT2D eigenvalue weighted by molar-refractivity contribution is -0.118.